The van der Waals surface area contributed by atoms with Crippen molar-refractivity contribution in [2.75, 3.05) is 33.7 Å². The van der Waals surface area contributed by atoms with Crippen molar-refractivity contribution in [3.05, 3.63) is 34.9 Å². The number of rotatable bonds is 4. The monoisotopic (exact) mass is 286 g/mol. The van der Waals surface area contributed by atoms with Gasteiger partial charge in [-0.15, -0.1) is 0 Å². The normalized spacial score (nSPS) is 22.5. The van der Waals surface area contributed by atoms with E-state index in [2.05, 4.69) is 36.0 Å². The van der Waals surface area contributed by atoms with Crippen molar-refractivity contribution in [3.63, 3.8) is 0 Å². The van der Waals surface area contributed by atoms with Gasteiger partial charge in [0.25, 0.3) is 0 Å². The van der Waals surface area contributed by atoms with E-state index in [9.17, 15) is 4.79 Å². The number of ketones is 1. The molecule has 3 nitrogen and oxygen atoms in total. The van der Waals surface area contributed by atoms with Crippen LogP contribution in [0.4, 0.5) is 0 Å². The average Bonchev–Trinajstić information content (AvgIpc) is 2.94. The summed E-state index contributed by atoms with van der Waals surface area (Å²) >= 11 is 0. The Hall–Kier alpha value is -1.19. The number of fused-ring (bicyclic) bond motifs is 1. The quantitative estimate of drug-likeness (QED) is 0.794. The second kappa shape index (κ2) is 6.29. The number of benzene rings is 1. The molecule has 0 spiro atoms. The standard InChI is InChI=1S/C18H26N2O/c1-19(2)17-7-4-10-20(12-17)13-18(21)16-9-8-14-5-3-6-15(14)11-16/h8-9,11,17H,3-7,10,12-13H2,1-2H3. The van der Waals surface area contributed by atoms with E-state index in [0.717, 1.165) is 25.1 Å². The number of carbonyl (C=O) groups is 1. The molecule has 0 aromatic heterocycles. The van der Waals surface area contributed by atoms with Crippen molar-refractivity contribution < 1.29 is 4.79 Å². The smallest absolute Gasteiger partial charge is 0.176 e. The number of Topliss-reactive ketones (excluding diaryl/α,β-unsaturated/α-hetero) is 1. The van der Waals surface area contributed by atoms with Crippen LogP contribution in [0.1, 0.15) is 40.7 Å². The van der Waals surface area contributed by atoms with Gasteiger partial charge in [-0.25, -0.2) is 0 Å². The molecule has 1 aromatic rings. The second-order valence-corrected chi connectivity index (χ2v) is 6.75. The van der Waals surface area contributed by atoms with Crippen LogP contribution in [0.5, 0.6) is 0 Å². The largest absolute Gasteiger partial charge is 0.305 e. The van der Waals surface area contributed by atoms with Gasteiger partial charge in [-0.05, 0) is 69.9 Å². The first-order chi connectivity index (χ1) is 10.1. The third-order valence-electron chi connectivity index (χ3n) is 5.00. The van der Waals surface area contributed by atoms with Crippen LogP contribution in [-0.2, 0) is 12.8 Å². The summed E-state index contributed by atoms with van der Waals surface area (Å²) in [6.45, 7) is 2.65. The molecule has 0 bridgehead atoms. The number of nitrogens with zero attached hydrogens (tertiary/aromatic N) is 2. The number of likely N-dealkylation sites (N-methyl/N-ethyl adjacent to an activating group) is 1. The molecule has 0 radical (unpaired) electrons. The van der Waals surface area contributed by atoms with Crippen molar-refractivity contribution in [3.8, 4) is 0 Å². The number of aryl methyl sites for hydroxylation is 2. The summed E-state index contributed by atoms with van der Waals surface area (Å²) in [6, 6.07) is 6.92. The van der Waals surface area contributed by atoms with Gasteiger partial charge in [0, 0.05) is 18.2 Å². The van der Waals surface area contributed by atoms with Crippen LogP contribution in [-0.4, -0.2) is 55.4 Å². The van der Waals surface area contributed by atoms with Gasteiger partial charge < -0.3 is 4.90 Å². The molecule has 1 atom stereocenters. The number of hydrogen-bond acceptors (Lipinski definition) is 3. The van der Waals surface area contributed by atoms with E-state index in [4.69, 9.17) is 0 Å². The van der Waals surface area contributed by atoms with Crippen molar-refractivity contribution >= 4 is 5.78 Å². The second-order valence-electron chi connectivity index (χ2n) is 6.75. The summed E-state index contributed by atoms with van der Waals surface area (Å²) in [5.74, 6) is 0.282. The fourth-order valence-corrected chi connectivity index (χ4v) is 3.64. The third kappa shape index (κ3) is 3.35. The van der Waals surface area contributed by atoms with Gasteiger partial charge >= 0.3 is 0 Å². The summed E-state index contributed by atoms with van der Waals surface area (Å²) in [7, 11) is 4.27. The lowest BCUT2D eigenvalue weighted by Crippen LogP contribution is -2.46. The highest BCUT2D eigenvalue weighted by molar-refractivity contribution is 5.97. The zero-order valence-electron chi connectivity index (χ0n) is 13.3. The van der Waals surface area contributed by atoms with Crippen molar-refractivity contribution in [1.29, 1.82) is 0 Å². The van der Waals surface area contributed by atoms with Gasteiger partial charge in [-0.3, -0.25) is 9.69 Å². The molecule has 2 aliphatic rings. The first-order valence-electron chi connectivity index (χ1n) is 8.17. The Morgan fingerprint density at radius 3 is 2.86 bits per heavy atom. The first-order valence-corrected chi connectivity index (χ1v) is 8.17. The summed E-state index contributed by atoms with van der Waals surface area (Å²) in [4.78, 5) is 17.1. The fourth-order valence-electron chi connectivity index (χ4n) is 3.64. The molecule has 3 heteroatoms. The number of likely N-dealkylation sites (tertiary alicyclic amines) is 1. The highest BCUT2D eigenvalue weighted by atomic mass is 16.1. The topological polar surface area (TPSA) is 23.6 Å². The molecule has 0 saturated carbocycles. The fraction of sp³-hybridized carbons (Fsp3) is 0.611. The van der Waals surface area contributed by atoms with Crippen LogP contribution in [0.3, 0.4) is 0 Å². The SMILES string of the molecule is CN(C)C1CCCN(CC(=O)c2ccc3c(c2)CCC3)C1. The van der Waals surface area contributed by atoms with Crippen LogP contribution in [0.2, 0.25) is 0 Å². The Labute approximate surface area is 127 Å². The van der Waals surface area contributed by atoms with Crippen LogP contribution in [0, 0.1) is 0 Å². The highest BCUT2D eigenvalue weighted by Gasteiger charge is 2.23. The lowest BCUT2D eigenvalue weighted by atomic mass is 10.0. The molecule has 1 unspecified atom stereocenters. The van der Waals surface area contributed by atoms with E-state index in [1.807, 2.05) is 6.07 Å². The zero-order valence-corrected chi connectivity index (χ0v) is 13.3. The summed E-state index contributed by atoms with van der Waals surface area (Å²) in [5, 5.41) is 0. The molecule has 114 valence electrons. The van der Waals surface area contributed by atoms with E-state index in [1.54, 1.807) is 0 Å². The molecular weight excluding hydrogens is 260 g/mol. The van der Waals surface area contributed by atoms with Crippen LogP contribution in [0.25, 0.3) is 0 Å². The summed E-state index contributed by atoms with van der Waals surface area (Å²) in [5.41, 5.74) is 3.74. The lowest BCUT2D eigenvalue weighted by molar-refractivity contribution is 0.0852. The van der Waals surface area contributed by atoms with Gasteiger partial charge in [0.2, 0.25) is 0 Å². The Morgan fingerprint density at radius 1 is 1.24 bits per heavy atom. The van der Waals surface area contributed by atoms with Crippen LogP contribution < -0.4 is 0 Å². The number of carbonyl (C=O) groups excluding carboxylic acids is 1. The Bertz CT molecular complexity index is 524. The average molecular weight is 286 g/mol. The summed E-state index contributed by atoms with van der Waals surface area (Å²) < 4.78 is 0. The minimum absolute atomic E-state index is 0.282. The van der Waals surface area contributed by atoms with Gasteiger partial charge in [-0.2, -0.15) is 0 Å². The molecule has 1 aromatic carbocycles. The Kier molecular flexibility index (Phi) is 4.41. The maximum Gasteiger partial charge on any atom is 0.176 e. The van der Waals surface area contributed by atoms with E-state index in [0.29, 0.717) is 12.6 Å². The van der Waals surface area contributed by atoms with Crippen molar-refractivity contribution in [2.24, 2.45) is 0 Å². The van der Waals surface area contributed by atoms with Crippen molar-refractivity contribution in [2.45, 2.75) is 38.1 Å². The number of hydrogen-bond donors (Lipinski definition) is 0. The molecule has 1 fully saturated rings. The van der Waals surface area contributed by atoms with Gasteiger partial charge in [0.1, 0.15) is 0 Å². The molecule has 0 amide bonds. The maximum absolute atomic E-state index is 12.5. The van der Waals surface area contributed by atoms with Gasteiger partial charge in [-0.1, -0.05) is 12.1 Å². The third-order valence-corrected chi connectivity index (χ3v) is 5.00. The predicted molar refractivity (Wildman–Crippen MR) is 85.9 cm³/mol. The van der Waals surface area contributed by atoms with Gasteiger partial charge in [0.05, 0.1) is 6.54 Å². The van der Waals surface area contributed by atoms with Crippen molar-refractivity contribution in [1.82, 2.24) is 9.80 Å². The maximum atomic E-state index is 12.5. The van der Waals surface area contributed by atoms with Gasteiger partial charge in [0.15, 0.2) is 5.78 Å². The molecule has 0 N–H and O–H groups in total. The zero-order chi connectivity index (χ0) is 14.8. The predicted octanol–water partition coefficient (Wildman–Crippen LogP) is 2.38. The highest BCUT2D eigenvalue weighted by Crippen LogP contribution is 2.23. The van der Waals surface area contributed by atoms with Crippen LogP contribution >= 0.6 is 0 Å². The summed E-state index contributed by atoms with van der Waals surface area (Å²) in [6.07, 6.45) is 6.00. The Morgan fingerprint density at radius 2 is 2.05 bits per heavy atom. The van der Waals surface area contributed by atoms with E-state index >= 15 is 0 Å². The molecule has 1 saturated heterocycles. The molecule has 21 heavy (non-hydrogen) atoms. The molecule has 1 heterocycles. The lowest BCUT2D eigenvalue weighted by Gasteiger charge is -2.35. The van der Waals surface area contributed by atoms with Crippen LogP contribution in [0.15, 0.2) is 18.2 Å². The van der Waals surface area contributed by atoms with E-state index in [1.165, 1.54) is 36.8 Å². The minimum Gasteiger partial charge on any atom is -0.305 e. The molecule has 3 rings (SSSR count). The minimum atomic E-state index is 0.282. The Balaban J connectivity index is 1.63. The van der Waals surface area contributed by atoms with E-state index in [-0.39, 0.29) is 5.78 Å². The molecule has 1 aliphatic heterocycles. The first kappa shape index (κ1) is 14.7. The number of piperidine rings is 1. The molecular formula is C18H26N2O. The van der Waals surface area contributed by atoms with E-state index < -0.39 is 0 Å². The molecule has 1 aliphatic carbocycles.